The van der Waals surface area contributed by atoms with E-state index >= 15 is 0 Å². The minimum atomic E-state index is -1.07. The summed E-state index contributed by atoms with van der Waals surface area (Å²) in [5.41, 5.74) is 2.17. The van der Waals surface area contributed by atoms with Crippen LogP contribution in [-0.2, 0) is 9.59 Å². The van der Waals surface area contributed by atoms with Crippen molar-refractivity contribution < 1.29 is 19.4 Å². The number of para-hydroxylation sites is 1. The van der Waals surface area contributed by atoms with Gasteiger partial charge in [-0.25, -0.2) is 4.79 Å². The third-order valence-electron chi connectivity index (χ3n) is 3.70. The van der Waals surface area contributed by atoms with Crippen LogP contribution in [0.25, 0.3) is 6.08 Å². The smallest absolute Gasteiger partial charge is 0.341 e. The normalized spacial score (nSPS) is 15.3. The number of halogens is 1. The summed E-state index contributed by atoms with van der Waals surface area (Å²) >= 11 is 5.88. The molecule has 0 spiro atoms. The molecule has 26 heavy (non-hydrogen) atoms. The van der Waals surface area contributed by atoms with Crippen molar-refractivity contribution in [3.05, 3.63) is 64.7 Å². The Morgan fingerprint density at radius 3 is 2.62 bits per heavy atom. The number of nitrogens with zero attached hydrogens (tertiary/aromatic N) is 2. The van der Waals surface area contributed by atoms with E-state index in [2.05, 4.69) is 5.10 Å². The Balaban J connectivity index is 1.91. The fourth-order valence-corrected chi connectivity index (χ4v) is 2.59. The Morgan fingerprint density at radius 2 is 1.92 bits per heavy atom. The molecule has 132 valence electrons. The quantitative estimate of drug-likeness (QED) is 0.815. The van der Waals surface area contributed by atoms with E-state index in [0.29, 0.717) is 33.3 Å². The highest BCUT2D eigenvalue weighted by Crippen LogP contribution is 2.28. The lowest BCUT2D eigenvalue weighted by molar-refractivity contribution is -0.139. The number of carboxylic acids is 1. The second kappa shape index (κ2) is 7.41. The number of anilines is 1. The Bertz CT molecular complexity index is 919. The molecular weight excluding hydrogens is 356 g/mol. The van der Waals surface area contributed by atoms with Crippen molar-refractivity contribution >= 4 is 41.0 Å². The molecule has 0 aliphatic carbocycles. The van der Waals surface area contributed by atoms with Gasteiger partial charge in [0.15, 0.2) is 6.61 Å². The van der Waals surface area contributed by atoms with Crippen molar-refractivity contribution in [3.63, 3.8) is 0 Å². The highest BCUT2D eigenvalue weighted by molar-refractivity contribution is 6.32. The molecule has 1 aliphatic rings. The van der Waals surface area contributed by atoms with Crippen LogP contribution in [0, 0.1) is 0 Å². The molecule has 2 aromatic carbocycles. The van der Waals surface area contributed by atoms with E-state index in [-0.39, 0.29) is 5.91 Å². The molecule has 1 heterocycles. The summed E-state index contributed by atoms with van der Waals surface area (Å²) in [6, 6.07) is 13.7. The molecular formula is C19H15ClN2O4. The highest BCUT2D eigenvalue weighted by Gasteiger charge is 2.28. The lowest BCUT2D eigenvalue weighted by Crippen LogP contribution is -2.21. The Morgan fingerprint density at radius 1 is 1.23 bits per heavy atom. The summed E-state index contributed by atoms with van der Waals surface area (Å²) < 4.78 is 5.28. The number of amides is 1. The van der Waals surface area contributed by atoms with Gasteiger partial charge in [-0.05, 0) is 43.3 Å². The molecule has 6 nitrogen and oxygen atoms in total. The predicted octanol–water partition coefficient (Wildman–Crippen LogP) is 3.61. The second-order valence-electron chi connectivity index (χ2n) is 5.56. The zero-order chi connectivity index (χ0) is 18.7. The largest absolute Gasteiger partial charge is 0.481 e. The van der Waals surface area contributed by atoms with Crippen molar-refractivity contribution in [1.82, 2.24) is 0 Å². The van der Waals surface area contributed by atoms with Gasteiger partial charge in [-0.1, -0.05) is 29.8 Å². The average molecular weight is 371 g/mol. The predicted molar refractivity (Wildman–Crippen MR) is 99.6 cm³/mol. The monoisotopic (exact) mass is 370 g/mol. The molecule has 0 fully saturated rings. The van der Waals surface area contributed by atoms with Crippen LogP contribution in [0.15, 0.2) is 59.2 Å². The van der Waals surface area contributed by atoms with Crippen molar-refractivity contribution in [3.8, 4) is 5.75 Å². The lowest BCUT2D eigenvalue weighted by atomic mass is 10.1. The Kier molecular flexibility index (Phi) is 5.04. The van der Waals surface area contributed by atoms with Crippen LogP contribution in [0.3, 0.4) is 0 Å². The van der Waals surface area contributed by atoms with Crippen molar-refractivity contribution in [1.29, 1.82) is 0 Å². The maximum absolute atomic E-state index is 12.8. The van der Waals surface area contributed by atoms with Gasteiger partial charge in [0, 0.05) is 10.6 Å². The summed E-state index contributed by atoms with van der Waals surface area (Å²) in [5, 5.41) is 15.0. The van der Waals surface area contributed by atoms with Crippen LogP contribution in [0.2, 0.25) is 5.02 Å². The number of hydrazone groups is 1. The van der Waals surface area contributed by atoms with E-state index in [0.717, 1.165) is 0 Å². The third-order valence-corrected chi connectivity index (χ3v) is 3.96. The van der Waals surface area contributed by atoms with E-state index in [1.807, 2.05) is 0 Å². The van der Waals surface area contributed by atoms with Crippen molar-refractivity contribution in [2.45, 2.75) is 6.92 Å². The van der Waals surface area contributed by atoms with Gasteiger partial charge in [-0.3, -0.25) is 4.79 Å². The summed E-state index contributed by atoms with van der Waals surface area (Å²) in [6.45, 7) is 1.28. The van der Waals surface area contributed by atoms with E-state index in [1.165, 1.54) is 5.01 Å². The Hall–Kier alpha value is -3.12. The van der Waals surface area contributed by atoms with Gasteiger partial charge in [0.2, 0.25) is 0 Å². The maximum atomic E-state index is 12.8. The van der Waals surface area contributed by atoms with Gasteiger partial charge in [-0.2, -0.15) is 10.1 Å². The molecule has 0 unspecified atom stereocenters. The topological polar surface area (TPSA) is 79.2 Å². The van der Waals surface area contributed by atoms with E-state index < -0.39 is 12.6 Å². The van der Waals surface area contributed by atoms with Gasteiger partial charge < -0.3 is 9.84 Å². The summed E-state index contributed by atoms with van der Waals surface area (Å²) in [6.07, 6.45) is 1.65. The van der Waals surface area contributed by atoms with Crippen LogP contribution in [0.1, 0.15) is 12.5 Å². The molecule has 2 aromatic rings. The van der Waals surface area contributed by atoms with E-state index in [1.54, 1.807) is 61.5 Å². The Labute approximate surface area is 155 Å². The molecule has 0 atom stereocenters. The first-order valence-electron chi connectivity index (χ1n) is 7.76. The number of rotatable bonds is 5. The SMILES string of the molecule is CC1=NN(c2ccc(Cl)cc2)C(=O)/C1=C/c1ccccc1OCC(=O)O. The zero-order valence-electron chi connectivity index (χ0n) is 13.8. The van der Waals surface area contributed by atoms with Crippen LogP contribution in [-0.4, -0.2) is 29.3 Å². The third kappa shape index (κ3) is 3.75. The number of hydrogen-bond acceptors (Lipinski definition) is 4. The fourth-order valence-electron chi connectivity index (χ4n) is 2.47. The minimum absolute atomic E-state index is 0.280. The molecule has 1 aliphatic heterocycles. The number of carbonyl (C=O) groups is 2. The summed E-state index contributed by atoms with van der Waals surface area (Å²) in [5.74, 6) is -0.971. The maximum Gasteiger partial charge on any atom is 0.341 e. The molecule has 1 amide bonds. The van der Waals surface area contributed by atoms with Gasteiger partial charge >= 0.3 is 5.97 Å². The number of aliphatic carboxylic acids is 1. The first kappa shape index (κ1) is 17.7. The molecule has 3 rings (SSSR count). The second-order valence-corrected chi connectivity index (χ2v) is 5.99. The zero-order valence-corrected chi connectivity index (χ0v) is 14.6. The lowest BCUT2D eigenvalue weighted by Gasteiger charge is -2.12. The number of ether oxygens (including phenoxy) is 1. The first-order valence-corrected chi connectivity index (χ1v) is 8.14. The number of carboxylic acid groups (broad SMARTS) is 1. The summed E-state index contributed by atoms with van der Waals surface area (Å²) in [4.78, 5) is 23.5. The van der Waals surface area contributed by atoms with Crippen LogP contribution < -0.4 is 9.75 Å². The van der Waals surface area contributed by atoms with Gasteiger partial charge in [0.25, 0.3) is 5.91 Å². The summed E-state index contributed by atoms with van der Waals surface area (Å²) in [7, 11) is 0. The average Bonchev–Trinajstić information content (AvgIpc) is 2.90. The molecule has 0 aromatic heterocycles. The van der Waals surface area contributed by atoms with Crippen LogP contribution in [0.4, 0.5) is 5.69 Å². The van der Waals surface area contributed by atoms with Crippen molar-refractivity contribution in [2.75, 3.05) is 11.6 Å². The number of carbonyl (C=O) groups excluding carboxylic acids is 1. The van der Waals surface area contributed by atoms with Crippen molar-refractivity contribution in [2.24, 2.45) is 5.10 Å². The van der Waals surface area contributed by atoms with E-state index in [9.17, 15) is 9.59 Å². The number of hydrogen-bond donors (Lipinski definition) is 1. The van der Waals surface area contributed by atoms with Gasteiger partial charge in [0.1, 0.15) is 5.75 Å². The highest BCUT2D eigenvalue weighted by atomic mass is 35.5. The molecule has 7 heteroatoms. The van der Waals surface area contributed by atoms with Gasteiger partial charge in [-0.15, -0.1) is 0 Å². The minimum Gasteiger partial charge on any atom is -0.481 e. The van der Waals surface area contributed by atoms with Gasteiger partial charge in [0.05, 0.1) is 17.0 Å². The molecule has 0 bridgehead atoms. The van der Waals surface area contributed by atoms with Crippen LogP contribution in [0.5, 0.6) is 5.75 Å². The van der Waals surface area contributed by atoms with Crippen LogP contribution >= 0.6 is 11.6 Å². The first-order chi connectivity index (χ1) is 12.5. The fraction of sp³-hybridized carbons (Fsp3) is 0.105. The molecule has 0 saturated heterocycles. The van der Waals surface area contributed by atoms with E-state index in [4.69, 9.17) is 21.4 Å². The standard InChI is InChI=1S/C19H15ClN2O4/c1-12-16(10-13-4-2-3-5-17(13)26-11-18(23)24)19(25)22(21-12)15-8-6-14(20)7-9-15/h2-10H,11H2,1H3,(H,23,24)/b16-10+. The molecule has 1 N–H and O–H groups in total. The molecule has 0 saturated carbocycles. The number of benzene rings is 2. The molecule has 0 radical (unpaired) electrons.